The van der Waals surface area contributed by atoms with Crippen LogP contribution in [-0.4, -0.2) is 43.5 Å². The van der Waals surface area contributed by atoms with Crippen molar-refractivity contribution in [2.45, 2.75) is 13.0 Å². The SMILES string of the molecule is COCCCn1c(=O)n(C)c(=O)c2c1nc(C(=O)O)n2C. The monoisotopic (exact) mass is 296 g/mol. The van der Waals surface area contributed by atoms with Crippen LogP contribution in [0.15, 0.2) is 9.59 Å². The first-order chi connectivity index (χ1) is 9.90. The van der Waals surface area contributed by atoms with Gasteiger partial charge in [0.1, 0.15) is 0 Å². The normalized spacial score (nSPS) is 11.2. The Morgan fingerprint density at radius 1 is 1.29 bits per heavy atom. The maximum absolute atomic E-state index is 12.2. The fourth-order valence-electron chi connectivity index (χ4n) is 2.19. The minimum Gasteiger partial charge on any atom is -0.475 e. The van der Waals surface area contributed by atoms with Gasteiger partial charge in [-0.05, 0) is 6.42 Å². The molecule has 0 fully saturated rings. The van der Waals surface area contributed by atoms with Crippen molar-refractivity contribution in [1.82, 2.24) is 18.7 Å². The van der Waals surface area contributed by atoms with E-state index in [1.807, 2.05) is 0 Å². The number of hydrogen-bond acceptors (Lipinski definition) is 5. The smallest absolute Gasteiger partial charge is 0.372 e. The van der Waals surface area contributed by atoms with Crippen LogP contribution in [0.5, 0.6) is 0 Å². The molecule has 2 aromatic heterocycles. The standard InChI is InChI=1S/C12H16N4O5/c1-14-7-8(13-9(14)11(18)19)16(5-4-6-21-3)12(20)15(2)10(7)17/h4-6H2,1-3H3,(H,18,19). The molecule has 0 spiro atoms. The highest BCUT2D eigenvalue weighted by molar-refractivity contribution is 5.88. The molecule has 0 radical (unpaired) electrons. The Kier molecular flexibility index (Phi) is 3.94. The summed E-state index contributed by atoms with van der Waals surface area (Å²) in [6.45, 7) is 0.725. The van der Waals surface area contributed by atoms with Gasteiger partial charge in [-0.25, -0.2) is 14.6 Å². The van der Waals surface area contributed by atoms with Gasteiger partial charge in [-0.3, -0.25) is 13.9 Å². The summed E-state index contributed by atoms with van der Waals surface area (Å²) >= 11 is 0. The zero-order valence-corrected chi connectivity index (χ0v) is 12.0. The molecule has 0 aromatic carbocycles. The van der Waals surface area contributed by atoms with Crippen molar-refractivity contribution in [3.8, 4) is 0 Å². The predicted octanol–water partition coefficient (Wildman–Crippen LogP) is -0.832. The van der Waals surface area contributed by atoms with E-state index in [-0.39, 0.29) is 23.5 Å². The average Bonchev–Trinajstić information content (AvgIpc) is 2.78. The summed E-state index contributed by atoms with van der Waals surface area (Å²) in [7, 11) is 4.33. The number of hydrogen-bond donors (Lipinski definition) is 1. The molecule has 2 aromatic rings. The van der Waals surface area contributed by atoms with Crippen LogP contribution >= 0.6 is 0 Å². The zero-order valence-electron chi connectivity index (χ0n) is 12.0. The average molecular weight is 296 g/mol. The Labute approximate surface area is 119 Å². The number of imidazole rings is 1. The summed E-state index contributed by atoms with van der Waals surface area (Å²) in [4.78, 5) is 39.4. The van der Waals surface area contributed by atoms with Gasteiger partial charge in [0.05, 0.1) is 0 Å². The van der Waals surface area contributed by atoms with Crippen LogP contribution in [0.3, 0.4) is 0 Å². The van der Waals surface area contributed by atoms with Crippen LogP contribution in [-0.2, 0) is 25.4 Å². The maximum Gasteiger partial charge on any atom is 0.372 e. The topological polar surface area (TPSA) is 108 Å². The second-order valence-electron chi connectivity index (χ2n) is 4.62. The van der Waals surface area contributed by atoms with Gasteiger partial charge in [0, 0.05) is 34.4 Å². The Balaban J connectivity index is 2.78. The molecule has 0 saturated heterocycles. The summed E-state index contributed by atoms with van der Waals surface area (Å²) in [5, 5.41) is 9.10. The van der Waals surface area contributed by atoms with Crippen LogP contribution in [0.2, 0.25) is 0 Å². The van der Waals surface area contributed by atoms with E-state index in [9.17, 15) is 14.4 Å². The highest BCUT2D eigenvalue weighted by atomic mass is 16.5. The number of carbonyl (C=O) groups is 1. The lowest BCUT2D eigenvalue weighted by Crippen LogP contribution is -2.38. The van der Waals surface area contributed by atoms with Gasteiger partial charge < -0.3 is 14.4 Å². The maximum atomic E-state index is 12.2. The number of nitrogens with zero attached hydrogens (tertiary/aromatic N) is 4. The number of fused-ring (bicyclic) bond motifs is 1. The number of carboxylic acids is 1. The molecular formula is C12H16N4O5. The summed E-state index contributed by atoms with van der Waals surface area (Å²) in [6, 6.07) is 0. The molecule has 0 aliphatic carbocycles. The first-order valence-corrected chi connectivity index (χ1v) is 6.28. The summed E-state index contributed by atoms with van der Waals surface area (Å²) in [6.07, 6.45) is 0.544. The molecule has 2 heterocycles. The van der Waals surface area contributed by atoms with Gasteiger partial charge in [-0.1, -0.05) is 0 Å². The van der Waals surface area contributed by atoms with E-state index in [0.717, 1.165) is 4.57 Å². The fraction of sp³-hybridized carbons (Fsp3) is 0.500. The predicted molar refractivity (Wildman–Crippen MR) is 73.7 cm³/mol. The van der Waals surface area contributed by atoms with Gasteiger partial charge >= 0.3 is 11.7 Å². The minimum atomic E-state index is -1.26. The second-order valence-corrected chi connectivity index (χ2v) is 4.62. The van der Waals surface area contributed by atoms with E-state index in [2.05, 4.69) is 4.98 Å². The number of rotatable bonds is 5. The van der Waals surface area contributed by atoms with Crippen molar-refractivity contribution in [3.05, 3.63) is 26.7 Å². The quantitative estimate of drug-likeness (QED) is 0.721. The third kappa shape index (κ3) is 2.35. The number of methoxy groups -OCH3 is 1. The summed E-state index contributed by atoms with van der Waals surface area (Å²) in [5.74, 6) is -1.54. The van der Waals surface area contributed by atoms with E-state index < -0.39 is 17.2 Å². The van der Waals surface area contributed by atoms with E-state index in [1.165, 1.54) is 23.2 Å². The molecule has 0 atom stereocenters. The first kappa shape index (κ1) is 15.0. The van der Waals surface area contributed by atoms with Crippen molar-refractivity contribution in [1.29, 1.82) is 0 Å². The first-order valence-electron chi connectivity index (χ1n) is 6.28. The number of carboxylic acid groups (broad SMARTS) is 1. The molecule has 9 nitrogen and oxygen atoms in total. The third-order valence-corrected chi connectivity index (χ3v) is 3.28. The number of aryl methyl sites for hydroxylation is 2. The van der Waals surface area contributed by atoms with E-state index in [0.29, 0.717) is 13.0 Å². The molecule has 0 aliphatic rings. The van der Waals surface area contributed by atoms with Crippen LogP contribution in [0.4, 0.5) is 0 Å². The molecule has 0 saturated carbocycles. The van der Waals surface area contributed by atoms with Gasteiger partial charge in [-0.2, -0.15) is 0 Å². The van der Waals surface area contributed by atoms with Crippen LogP contribution in [0.1, 0.15) is 17.0 Å². The van der Waals surface area contributed by atoms with Crippen molar-refractivity contribution in [2.75, 3.05) is 13.7 Å². The molecule has 0 bridgehead atoms. The molecule has 0 amide bonds. The highest BCUT2D eigenvalue weighted by Crippen LogP contribution is 2.10. The molecule has 0 aliphatic heterocycles. The number of aromatic carboxylic acids is 1. The van der Waals surface area contributed by atoms with Crippen molar-refractivity contribution in [2.24, 2.45) is 14.1 Å². The Bertz CT molecular complexity index is 814. The van der Waals surface area contributed by atoms with Crippen LogP contribution in [0, 0.1) is 0 Å². The number of aromatic nitrogens is 4. The largest absolute Gasteiger partial charge is 0.475 e. The van der Waals surface area contributed by atoms with Crippen molar-refractivity contribution in [3.63, 3.8) is 0 Å². The van der Waals surface area contributed by atoms with E-state index >= 15 is 0 Å². The van der Waals surface area contributed by atoms with E-state index in [1.54, 1.807) is 7.11 Å². The molecule has 0 unspecified atom stereocenters. The van der Waals surface area contributed by atoms with Gasteiger partial charge in [0.15, 0.2) is 11.2 Å². The van der Waals surface area contributed by atoms with Gasteiger partial charge in [-0.15, -0.1) is 0 Å². The Morgan fingerprint density at radius 2 is 1.95 bits per heavy atom. The fourth-order valence-corrected chi connectivity index (χ4v) is 2.19. The van der Waals surface area contributed by atoms with Crippen molar-refractivity contribution >= 4 is 17.1 Å². The lowest BCUT2D eigenvalue weighted by molar-refractivity contribution is 0.0680. The Morgan fingerprint density at radius 3 is 2.52 bits per heavy atom. The second kappa shape index (κ2) is 5.52. The number of ether oxygens (including phenoxy) is 1. The summed E-state index contributed by atoms with van der Waals surface area (Å²) < 4.78 is 8.36. The Hall–Kier alpha value is -2.42. The highest BCUT2D eigenvalue weighted by Gasteiger charge is 2.21. The van der Waals surface area contributed by atoms with E-state index in [4.69, 9.17) is 9.84 Å². The minimum absolute atomic E-state index is 0.0825. The molecular weight excluding hydrogens is 280 g/mol. The lowest BCUT2D eigenvalue weighted by Gasteiger charge is -2.08. The lowest BCUT2D eigenvalue weighted by atomic mass is 10.4. The molecule has 1 N–H and O–H groups in total. The zero-order chi connectivity index (χ0) is 15.7. The van der Waals surface area contributed by atoms with Crippen molar-refractivity contribution < 1.29 is 14.6 Å². The van der Waals surface area contributed by atoms with Gasteiger partial charge in [0.2, 0.25) is 5.82 Å². The third-order valence-electron chi connectivity index (χ3n) is 3.28. The van der Waals surface area contributed by atoms with Crippen LogP contribution in [0.25, 0.3) is 11.2 Å². The van der Waals surface area contributed by atoms with Crippen LogP contribution < -0.4 is 11.2 Å². The summed E-state index contributed by atoms with van der Waals surface area (Å²) in [5.41, 5.74) is -0.926. The molecule has 2 rings (SSSR count). The van der Waals surface area contributed by atoms with Gasteiger partial charge in [0.25, 0.3) is 5.56 Å². The molecule has 9 heteroatoms. The molecule has 21 heavy (non-hydrogen) atoms. The molecule has 114 valence electrons.